The largest absolute Gasteiger partial charge is 0.481 e. The summed E-state index contributed by atoms with van der Waals surface area (Å²) < 4.78 is 6.08. The Hall–Kier alpha value is -3.74. The topological polar surface area (TPSA) is 92.6 Å². The Morgan fingerprint density at radius 3 is 2.19 bits per heavy atom. The van der Waals surface area contributed by atoms with Crippen LogP contribution in [0.5, 0.6) is 11.8 Å². The zero-order valence-electron chi connectivity index (χ0n) is 17.8. The number of rotatable bonds is 5. The van der Waals surface area contributed by atoms with E-state index in [4.69, 9.17) is 4.74 Å². The van der Waals surface area contributed by atoms with Crippen LogP contribution in [0.2, 0.25) is 0 Å². The number of carboxylic acid groups (broad SMARTS) is 1. The lowest BCUT2D eigenvalue weighted by atomic mass is 9.71. The second-order valence-electron chi connectivity index (χ2n) is 8.35. The first kappa shape index (κ1) is 20.5. The molecule has 0 saturated carbocycles. The van der Waals surface area contributed by atoms with Crippen molar-refractivity contribution in [2.24, 2.45) is 5.41 Å². The highest BCUT2D eigenvalue weighted by atomic mass is 16.5. The molecule has 0 fully saturated rings. The van der Waals surface area contributed by atoms with Gasteiger partial charge < -0.3 is 14.7 Å². The molecule has 2 aromatic heterocycles. The summed E-state index contributed by atoms with van der Waals surface area (Å²) in [5.74, 6) is 0.00817. The molecule has 1 unspecified atom stereocenters. The Bertz CT molecular complexity index is 1170. The van der Waals surface area contributed by atoms with Crippen molar-refractivity contribution in [3.63, 3.8) is 0 Å². The van der Waals surface area contributed by atoms with Crippen molar-refractivity contribution >= 4 is 18.1 Å². The van der Waals surface area contributed by atoms with Crippen molar-refractivity contribution in [3.8, 4) is 23.0 Å². The molecule has 158 valence electrons. The summed E-state index contributed by atoms with van der Waals surface area (Å²) in [5.41, 5.74) is 2.38. The van der Waals surface area contributed by atoms with Gasteiger partial charge in [0.05, 0.1) is 11.1 Å². The zero-order valence-corrected chi connectivity index (χ0v) is 17.8. The molecule has 0 amide bonds. The van der Waals surface area contributed by atoms with Crippen LogP contribution in [0, 0.1) is 5.41 Å². The van der Waals surface area contributed by atoms with E-state index in [1.807, 2.05) is 55.4 Å². The second-order valence-corrected chi connectivity index (χ2v) is 8.35. The molecule has 1 atom stereocenters. The van der Waals surface area contributed by atoms with Gasteiger partial charge >= 0.3 is 5.97 Å². The van der Waals surface area contributed by atoms with Crippen LogP contribution in [0.1, 0.15) is 41.3 Å². The van der Waals surface area contributed by atoms with Gasteiger partial charge in [-0.25, -0.2) is 4.98 Å². The summed E-state index contributed by atoms with van der Waals surface area (Å²) in [4.78, 5) is 34.2. The normalized spacial score (nSPS) is 14.8. The third-order valence-electron chi connectivity index (χ3n) is 5.65. The number of carbonyl (C=O) groups excluding carboxylic acids is 1. The van der Waals surface area contributed by atoms with Crippen molar-refractivity contribution in [2.45, 2.75) is 19.8 Å². The van der Waals surface area contributed by atoms with Crippen molar-refractivity contribution < 1.29 is 19.4 Å². The number of hydrogen-bond acceptors (Lipinski definition) is 6. The molecule has 1 aromatic carbocycles. The molecular formula is C24H23N3O4. The van der Waals surface area contributed by atoms with Gasteiger partial charge in [0.1, 0.15) is 12.1 Å². The summed E-state index contributed by atoms with van der Waals surface area (Å²) in [7, 11) is 3.76. The molecule has 3 heterocycles. The number of benzene rings is 1. The number of pyridine rings is 2. The highest BCUT2D eigenvalue weighted by Gasteiger charge is 2.44. The van der Waals surface area contributed by atoms with E-state index in [2.05, 4.69) is 9.97 Å². The van der Waals surface area contributed by atoms with Gasteiger partial charge in [0.15, 0.2) is 0 Å². The van der Waals surface area contributed by atoms with Crippen molar-refractivity contribution in [2.75, 3.05) is 19.0 Å². The Kier molecular flexibility index (Phi) is 4.97. The average Bonchev–Trinajstić information content (AvgIpc) is 2.76. The van der Waals surface area contributed by atoms with E-state index in [9.17, 15) is 14.7 Å². The number of nitrogens with zero attached hydrogens (tertiary/aromatic N) is 3. The molecule has 0 aliphatic carbocycles. The number of ether oxygens (including phenoxy) is 1. The van der Waals surface area contributed by atoms with Crippen LogP contribution in [-0.4, -0.2) is 41.4 Å². The van der Waals surface area contributed by atoms with Gasteiger partial charge in [-0.2, -0.15) is 4.98 Å². The van der Waals surface area contributed by atoms with E-state index < -0.39 is 17.3 Å². The maximum absolute atomic E-state index is 12.1. The van der Waals surface area contributed by atoms with E-state index in [0.29, 0.717) is 34.4 Å². The molecule has 0 saturated heterocycles. The SMILES string of the molecule is CN(C)c1ccc2c(n1)Oc1nc(-c3ccc(C=O)cc3)ccc1C2C(C)(C)C(=O)O. The summed E-state index contributed by atoms with van der Waals surface area (Å²) in [6, 6.07) is 14.5. The van der Waals surface area contributed by atoms with E-state index >= 15 is 0 Å². The van der Waals surface area contributed by atoms with Crippen LogP contribution in [0.15, 0.2) is 48.5 Å². The van der Waals surface area contributed by atoms with Gasteiger partial charge in [-0.3, -0.25) is 9.59 Å². The highest BCUT2D eigenvalue weighted by Crippen LogP contribution is 2.51. The van der Waals surface area contributed by atoms with Crippen LogP contribution < -0.4 is 9.64 Å². The third-order valence-corrected chi connectivity index (χ3v) is 5.65. The number of fused-ring (bicyclic) bond motifs is 2. The third kappa shape index (κ3) is 3.52. The highest BCUT2D eigenvalue weighted by molar-refractivity contribution is 5.78. The van der Waals surface area contributed by atoms with Crippen LogP contribution in [0.4, 0.5) is 5.82 Å². The molecule has 1 aliphatic heterocycles. The number of aldehydes is 1. The van der Waals surface area contributed by atoms with Crippen LogP contribution >= 0.6 is 0 Å². The molecule has 0 radical (unpaired) electrons. The maximum Gasteiger partial charge on any atom is 0.310 e. The first-order valence-corrected chi connectivity index (χ1v) is 9.88. The fraction of sp³-hybridized carbons (Fsp3) is 0.250. The fourth-order valence-corrected chi connectivity index (χ4v) is 3.80. The number of aromatic nitrogens is 2. The number of hydrogen-bond donors (Lipinski definition) is 1. The average molecular weight is 417 g/mol. The van der Waals surface area contributed by atoms with Gasteiger partial charge in [-0.1, -0.05) is 30.3 Å². The van der Waals surface area contributed by atoms with Gasteiger partial charge in [-0.05, 0) is 32.0 Å². The van der Waals surface area contributed by atoms with Gasteiger partial charge in [-0.15, -0.1) is 0 Å². The molecule has 7 heteroatoms. The van der Waals surface area contributed by atoms with Gasteiger partial charge in [0.2, 0.25) is 11.8 Å². The minimum Gasteiger partial charge on any atom is -0.481 e. The van der Waals surface area contributed by atoms with E-state index in [-0.39, 0.29) is 0 Å². The minimum absolute atomic E-state index is 0.340. The first-order chi connectivity index (χ1) is 14.7. The summed E-state index contributed by atoms with van der Waals surface area (Å²) in [6.45, 7) is 3.40. The molecule has 0 spiro atoms. The standard InChI is InChI=1S/C24H23N3O4/c1-24(2,23(29)30)20-16-9-11-18(15-7-5-14(13-28)6-8-15)25-21(16)31-22-17(20)10-12-19(26-22)27(3)4/h5-13,20H,1-4H3,(H,29,30). The zero-order chi connectivity index (χ0) is 22.3. The monoisotopic (exact) mass is 417 g/mol. The lowest BCUT2D eigenvalue weighted by Gasteiger charge is -2.35. The molecule has 3 aromatic rings. The van der Waals surface area contributed by atoms with E-state index in [1.54, 1.807) is 26.0 Å². The van der Waals surface area contributed by atoms with Crippen molar-refractivity contribution in [1.82, 2.24) is 9.97 Å². The number of carbonyl (C=O) groups is 2. The first-order valence-electron chi connectivity index (χ1n) is 9.88. The maximum atomic E-state index is 12.1. The number of anilines is 1. The smallest absolute Gasteiger partial charge is 0.310 e. The second kappa shape index (κ2) is 7.50. The molecule has 31 heavy (non-hydrogen) atoms. The van der Waals surface area contributed by atoms with E-state index in [0.717, 1.165) is 17.4 Å². The summed E-state index contributed by atoms with van der Waals surface area (Å²) >= 11 is 0. The van der Waals surface area contributed by atoms with Crippen molar-refractivity contribution in [3.05, 3.63) is 65.2 Å². The predicted molar refractivity (Wildman–Crippen MR) is 117 cm³/mol. The molecule has 1 N–H and O–H groups in total. The Labute approximate surface area is 180 Å². The minimum atomic E-state index is -1.11. The molecular weight excluding hydrogens is 394 g/mol. The van der Waals surface area contributed by atoms with Crippen LogP contribution in [-0.2, 0) is 4.79 Å². The van der Waals surface area contributed by atoms with Gasteiger partial charge in [0, 0.05) is 42.3 Å². The summed E-state index contributed by atoms with van der Waals surface area (Å²) in [6.07, 6.45) is 0.788. The summed E-state index contributed by atoms with van der Waals surface area (Å²) in [5, 5.41) is 9.95. The van der Waals surface area contributed by atoms with Crippen molar-refractivity contribution in [1.29, 1.82) is 0 Å². The molecule has 7 nitrogen and oxygen atoms in total. The van der Waals surface area contributed by atoms with Gasteiger partial charge in [0.25, 0.3) is 0 Å². The Morgan fingerprint density at radius 1 is 1.00 bits per heavy atom. The predicted octanol–water partition coefficient (Wildman–Crippen LogP) is 4.37. The quantitative estimate of drug-likeness (QED) is 0.616. The molecule has 4 rings (SSSR count). The number of carboxylic acids is 1. The lowest BCUT2D eigenvalue weighted by molar-refractivity contribution is -0.147. The fourth-order valence-electron chi connectivity index (χ4n) is 3.80. The van der Waals surface area contributed by atoms with Crippen LogP contribution in [0.25, 0.3) is 11.3 Å². The van der Waals surface area contributed by atoms with E-state index in [1.165, 1.54) is 0 Å². The lowest BCUT2D eigenvalue weighted by Crippen LogP contribution is -2.34. The molecule has 1 aliphatic rings. The Balaban J connectivity index is 1.86. The van der Waals surface area contributed by atoms with Crippen LogP contribution in [0.3, 0.4) is 0 Å². The molecule has 0 bridgehead atoms. The Morgan fingerprint density at radius 2 is 1.61 bits per heavy atom. The number of aliphatic carboxylic acids is 1.